The number of sulfonamides is 2. The van der Waals surface area contributed by atoms with Gasteiger partial charge in [-0.1, -0.05) is 24.4 Å². The maximum atomic E-state index is 14.4. The Labute approximate surface area is 211 Å². The highest BCUT2D eigenvalue weighted by atomic mass is 35.5. The van der Waals surface area contributed by atoms with E-state index in [4.69, 9.17) is 11.6 Å². The first-order valence-corrected chi connectivity index (χ1v) is 15.0. The molecule has 8 nitrogen and oxygen atoms in total. The molecule has 0 amide bonds. The van der Waals surface area contributed by atoms with Crippen LogP contribution in [0.25, 0.3) is 0 Å². The highest BCUT2D eigenvalue weighted by molar-refractivity contribution is 7.90. The zero-order chi connectivity index (χ0) is 25.2. The van der Waals surface area contributed by atoms with E-state index in [1.165, 1.54) is 37.4 Å². The molecule has 0 unspecified atom stereocenters. The van der Waals surface area contributed by atoms with Crippen molar-refractivity contribution in [2.24, 2.45) is 0 Å². The molecule has 0 bridgehead atoms. The summed E-state index contributed by atoms with van der Waals surface area (Å²) >= 11 is 5.88. The summed E-state index contributed by atoms with van der Waals surface area (Å²) in [6.07, 6.45) is 3.55. The molecule has 2 N–H and O–H groups in total. The minimum absolute atomic E-state index is 0.00416. The monoisotopic (exact) mass is 544 g/mol. The minimum atomic E-state index is -3.83. The van der Waals surface area contributed by atoms with Gasteiger partial charge in [0.25, 0.3) is 0 Å². The van der Waals surface area contributed by atoms with Gasteiger partial charge < -0.3 is 4.90 Å². The van der Waals surface area contributed by atoms with Gasteiger partial charge in [-0.3, -0.25) is 4.90 Å². The van der Waals surface area contributed by atoms with Gasteiger partial charge in [0, 0.05) is 43.3 Å². The number of halogens is 2. The fraction of sp³-hybridized carbons (Fsp3) is 0.478. The normalized spacial score (nSPS) is 22.3. The number of nitrogens with one attached hydrogen (secondary N) is 2. The maximum Gasteiger partial charge on any atom is 0.240 e. The van der Waals surface area contributed by atoms with Crippen LogP contribution in [0, 0.1) is 5.82 Å². The van der Waals surface area contributed by atoms with Gasteiger partial charge >= 0.3 is 0 Å². The third-order valence-electron chi connectivity index (χ3n) is 6.78. The average molecular weight is 545 g/mol. The Hall–Kier alpha value is -1.76. The third kappa shape index (κ3) is 5.98. The fourth-order valence-corrected chi connectivity index (χ4v) is 7.09. The molecule has 1 aliphatic carbocycles. The molecule has 1 heterocycles. The van der Waals surface area contributed by atoms with E-state index in [9.17, 15) is 21.2 Å². The van der Waals surface area contributed by atoms with Crippen LogP contribution in [-0.4, -0.2) is 67.0 Å². The van der Waals surface area contributed by atoms with E-state index in [0.717, 1.165) is 25.7 Å². The number of piperazine rings is 1. The Kier molecular flexibility index (Phi) is 8.04. The van der Waals surface area contributed by atoms with Gasteiger partial charge in [0.15, 0.2) is 0 Å². The number of benzene rings is 2. The number of hydrogen-bond donors (Lipinski definition) is 2. The van der Waals surface area contributed by atoms with E-state index in [-0.39, 0.29) is 27.7 Å². The fourth-order valence-electron chi connectivity index (χ4n) is 4.90. The van der Waals surface area contributed by atoms with Crippen LogP contribution in [0.3, 0.4) is 0 Å². The van der Waals surface area contributed by atoms with Crippen LogP contribution in [0.1, 0.15) is 25.7 Å². The molecule has 1 saturated heterocycles. The molecular formula is C23H30ClFN4O4S2. The molecule has 192 valence electrons. The number of anilines is 1. The predicted molar refractivity (Wildman–Crippen MR) is 134 cm³/mol. The first-order chi connectivity index (χ1) is 16.6. The Morgan fingerprint density at radius 3 is 2.09 bits per heavy atom. The predicted octanol–water partition coefficient (Wildman–Crippen LogP) is 2.80. The summed E-state index contributed by atoms with van der Waals surface area (Å²) in [4.78, 5) is 4.31. The van der Waals surface area contributed by atoms with Crippen LogP contribution in [0.5, 0.6) is 0 Å². The lowest BCUT2D eigenvalue weighted by Gasteiger charge is -2.44. The molecule has 12 heteroatoms. The Bertz CT molecular complexity index is 1250. The van der Waals surface area contributed by atoms with Gasteiger partial charge in [0.1, 0.15) is 5.82 Å². The lowest BCUT2D eigenvalue weighted by Crippen LogP contribution is -2.58. The van der Waals surface area contributed by atoms with Gasteiger partial charge in [-0.25, -0.2) is 30.7 Å². The molecule has 2 aromatic carbocycles. The zero-order valence-corrected chi connectivity index (χ0v) is 21.8. The quantitative estimate of drug-likeness (QED) is 0.556. The minimum Gasteiger partial charge on any atom is -0.367 e. The van der Waals surface area contributed by atoms with Crippen molar-refractivity contribution in [3.63, 3.8) is 0 Å². The van der Waals surface area contributed by atoms with Crippen LogP contribution < -0.4 is 14.3 Å². The third-order valence-corrected chi connectivity index (χ3v) is 9.95. The van der Waals surface area contributed by atoms with Gasteiger partial charge in [-0.2, -0.15) is 0 Å². The number of nitrogens with zero attached hydrogens (tertiary/aromatic N) is 2. The van der Waals surface area contributed by atoms with Crippen molar-refractivity contribution in [1.29, 1.82) is 0 Å². The second-order valence-corrected chi connectivity index (χ2v) is 12.9. The second-order valence-electron chi connectivity index (χ2n) is 8.88. The van der Waals surface area contributed by atoms with Crippen LogP contribution in [0.4, 0.5) is 10.1 Å². The highest BCUT2D eigenvalue weighted by Crippen LogP contribution is 2.28. The molecule has 2 fully saturated rings. The van der Waals surface area contributed by atoms with Crippen molar-refractivity contribution in [2.45, 2.75) is 47.6 Å². The molecule has 2 atom stereocenters. The molecule has 1 saturated carbocycles. The van der Waals surface area contributed by atoms with Crippen molar-refractivity contribution < 1.29 is 21.2 Å². The summed E-state index contributed by atoms with van der Waals surface area (Å²) in [5.74, 6) is -0.345. The first-order valence-electron chi connectivity index (χ1n) is 11.6. The molecule has 0 aromatic heterocycles. The lowest BCUT2D eigenvalue weighted by atomic mass is 9.89. The molecule has 2 aromatic rings. The summed E-state index contributed by atoms with van der Waals surface area (Å²) in [6, 6.07) is 9.66. The first kappa shape index (κ1) is 26.3. The summed E-state index contributed by atoms with van der Waals surface area (Å²) in [7, 11) is -6.17. The molecule has 35 heavy (non-hydrogen) atoms. The topological polar surface area (TPSA) is 98.8 Å². The molecular weight excluding hydrogens is 515 g/mol. The number of hydrogen-bond acceptors (Lipinski definition) is 6. The summed E-state index contributed by atoms with van der Waals surface area (Å²) < 4.78 is 69.5. The Balaban J connectivity index is 1.43. The largest absolute Gasteiger partial charge is 0.367 e. The summed E-state index contributed by atoms with van der Waals surface area (Å²) in [5.41, 5.74) is 0.527. The lowest BCUT2D eigenvalue weighted by molar-refractivity contribution is 0.124. The van der Waals surface area contributed by atoms with E-state index in [1.54, 1.807) is 12.1 Å². The van der Waals surface area contributed by atoms with Crippen molar-refractivity contribution in [1.82, 2.24) is 14.3 Å². The molecule has 2 aliphatic rings. The van der Waals surface area contributed by atoms with E-state index in [2.05, 4.69) is 14.3 Å². The van der Waals surface area contributed by atoms with Crippen LogP contribution in [-0.2, 0) is 20.0 Å². The smallest absolute Gasteiger partial charge is 0.240 e. The van der Waals surface area contributed by atoms with Crippen molar-refractivity contribution >= 4 is 37.3 Å². The average Bonchev–Trinajstić information content (AvgIpc) is 2.84. The van der Waals surface area contributed by atoms with E-state index < -0.39 is 20.0 Å². The van der Waals surface area contributed by atoms with Crippen molar-refractivity contribution in [3.05, 3.63) is 53.3 Å². The van der Waals surface area contributed by atoms with Crippen molar-refractivity contribution in [2.75, 3.05) is 38.1 Å². The molecule has 4 rings (SSSR count). The molecule has 0 radical (unpaired) electrons. The summed E-state index contributed by atoms with van der Waals surface area (Å²) in [6.45, 7) is 2.66. The highest BCUT2D eigenvalue weighted by Gasteiger charge is 2.35. The molecule has 0 spiro atoms. The van der Waals surface area contributed by atoms with E-state index in [0.29, 0.717) is 36.9 Å². The van der Waals surface area contributed by atoms with Gasteiger partial charge in [-0.15, -0.1) is 0 Å². The van der Waals surface area contributed by atoms with E-state index in [1.807, 2.05) is 4.90 Å². The molecule has 1 aliphatic heterocycles. The van der Waals surface area contributed by atoms with Crippen LogP contribution >= 0.6 is 11.6 Å². The summed E-state index contributed by atoms with van der Waals surface area (Å²) in [5, 5.41) is 0.362. The van der Waals surface area contributed by atoms with Crippen LogP contribution in [0.15, 0.2) is 52.3 Å². The van der Waals surface area contributed by atoms with E-state index >= 15 is 0 Å². The Morgan fingerprint density at radius 1 is 0.886 bits per heavy atom. The Morgan fingerprint density at radius 2 is 1.49 bits per heavy atom. The SMILES string of the molecule is CNS(=O)(=O)c1ccc(S(=O)(=O)N[C@H]2CCCC[C@H]2N2CCN(c3ccc(Cl)cc3F)CC2)cc1. The standard InChI is InChI=1S/C23H30ClFN4O4S2/c1-26-34(30,31)18-7-9-19(10-8-18)35(32,33)27-21-4-2-3-5-23(21)29-14-12-28(13-15-29)22-11-6-17(24)16-20(22)25/h6-11,16,21,23,26-27H,2-5,12-15H2,1H3/t21-,23+/m0/s1. The number of rotatable bonds is 7. The van der Waals surface area contributed by atoms with Gasteiger partial charge in [-0.05, 0) is 62.4 Å². The second kappa shape index (κ2) is 10.7. The van der Waals surface area contributed by atoms with Gasteiger partial charge in [0.2, 0.25) is 20.0 Å². The van der Waals surface area contributed by atoms with Gasteiger partial charge in [0.05, 0.1) is 15.5 Å². The van der Waals surface area contributed by atoms with Crippen molar-refractivity contribution in [3.8, 4) is 0 Å². The van der Waals surface area contributed by atoms with Crippen LogP contribution in [0.2, 0.25) is 5.02 Å². The maximum absolute atomic E-state index is 14.4. The zero-order valence-electron chi connectivity index (χ0n) is 19.5.